The number of aliphatic hydroxyl groups excluding tert-OH is 2. The summed E-state index contributed by atoms with van der Waals surface area (Å²) < 4.78 is 11.5. The number of benzene rings is 1. The van der Waals surface area contributed by atoms with Crippen LogP contribution >= 0.6 is 0 Å². The number of esters is 1. The molecule has 2 heterocycles. The number of imidazole rings is 1. The minimum atomic E-state index is -1.22. The third-order valence-corrected chi connectivity index (χ3v) is 5.67. The Kier molecular flexibility index (Phi) is 6.38. The van der Waals surface area contributed by atoms with Crippen LogP contribution in [0, 0.1) is 0 Å². The first-order chi connectivity index (χ1) is 15.9. The van der Waals surface area contributed by atoms with Gasteiger partial charge in [0.1, 0.15) is 29.8 Å². The summed E-state index contributed by atoms with van der Waals surface area (Å²) >= 11 is 0. The molecule has 2 aromatic heterocycles. The molecule has 0 unspecified atom stereocenters. The second-order valence-electron chi connectivity index (χ2n) is 7.68. The summed E-state index contributed by atoms with van der Waals surface area (Å²) in [6, 6.07) is 5.11. The van der Waals surface area contributed by atoms with Crippen LogP contribution in [0.5, 0.6) is 5.75 Å². The lowest BCUT2D eigenvalue weighted by Crippen LogP contribution is -2.54. The van der Waals surface area contributed by atoms with E-state index in [0.29, 0.717) is 29.8 Å². The number of anilines is 1. The van der Waals surface area contributed by atoms with Crippen molar-refractivity contribution in [3.8, 4) is 5.75 Å². The number of rotatable bonds is 6. The highest BCUT2D eigenvalue weighted by atomic mass is 16.6. The van der Waals surface area contributed by atoms with Crippen LogP contribution in [0.1, 0.15) is 29.2 Å². The Hall–Kier alpha value is -3.77. The van der Waals surface area contributed by atoms with Crippen molar-refractivity contribution in [2.24, 2.45) is 0 Å². The van der Waals surface area contributed by atoms with E-state index < -0.39 is 36.2 Å². The van der Waals surface area contributed by atoms with E-state index in [1.165, 1.54) is 25.8 Å². The molecule has 0 spiro atoms. The average molecular weight is 456 g/mol. The summed E-state index contributed by atoms with van der Waals surface area (Å²) in [6.45, 7) is -0.282. The molecule has 1 amide bonds. The van der Waals surface area contributed by atoms with E-state index in [2.05, 4.69) is 25.0 Å². The molecular formula is C21H24N6O6. The maximum atomic E-state index is 12.7. The van der Waals surface area contributed by atoms with Gasteiger partial charge < -0.3 is 35.3 Å². The van der Waals surface area contributed by atoms with Gasteiger partial charge >= 0.3 is 5.97 Å². The Morgan fingerprint density at radius 1 is 1.21 bits per heavy atom. The van der Waals surface area contributed by atoms with Gasteiger partial charge in [-0.05, 0) is 31.0 Å². The number of carbonyl (C=O) groups is 2. The molecule has 4 atom stereocenters. The molecule has 33 heavy (non-hydrogen) atoms. The number of nitrogens with one attached hydrogen (secondary N) is 1. The van der Waals surface area contributed by atoms with Crippen molar-refractivity contribution in [2.75, 3.05) is 19.5 Å². The molecule has 12 heteroatoms. The molecule has 4 rings (SSSR count). The molecule has 0 saturated heterocycles. The number of aromatic nitrogens is 4. The van der Waals surface area contributed by atoms with Crippen LogP contribution in [0.4, 0.5) is 5.82 Å². The summed E-state index contributed by atoms with van der Waals surface area (Å²) in [5.41, 5.74) is 7.00. The second-order valence-corrected chi connectivity index (χ2v) is 7.68. The van der Waals surface area contributed by atoms with E-state index in [9.17, 15) is 19.8 Å². The largest absolute Gasteiger partial charge is 0.482 e. The normalized spacial score (nSPS) is 22.6. The smallest absolute Gasteiger partial charge is 0.343 e. The molecule has 1 aliphatic rings. The minimum absolute atomic E-state index is 0.229. The van der Waals surface area contributed by atoms with E-state index >= 15 is 0 Å². The first-order valence-corrected chi connectivity index (χ1v) is 10.3. The number of aliphatic hydroxyl groups is 2. The lowest BCUT2D eigenvalue weighted by molar-refractivity contribution is -0.142. The Morgan fingerprint density at radius 3 is 2.82 bits per heavy atom. The van der Waals surface area contributed by atoms with Crippen LogP contribution in [-0.2, 0) is 9.53 Å². The van der Waals surface area contributed by atoms with Gasteiger partial charge in [0.2, 0.25) is 0 Å². The summed E-state index contributed by atoms with van der Waals surface area (Å²) in [7, 11) is 1.25. The van der Waals surface area contributed by atoms with E-state index in [-0.39, 0.29) is 18.0 Å². The second kappa shape index (κ2) is 9.38. The number of ether oxygens (including phenoxy) is 2. The summed E-state index contributed by atoms with van der Waals surface area (Å²) in [5.74, 6) is -0.432. The molecule has 0 radical (unpaired) electrons. The number of hydrogen-bond donors (Lipinski definition) is 4. The predicted molar refractivity (Wildman–Crippen MR) is 115 cm³/mol. The molecule has 1 saturated carbocycles. The lowest BCUT2D eigenvalue weighted by Gasteiger charge is -2.38. The zero-order valence-corrected chi connectivity index (χ0v) is 17.8. The molecule has 0 aliphatic heterocycles. The number of hydrogen-bond acceptors (Lipinski definition) is 10. The highest BCUT2D eigenvalue weighted by molar-refractivity contribution is 5.94. The molecule has 1 aromatic carbocycles. The quantitative estimate of drug-likeness (QED) is 0.364. The van der Waals surface area contributed by atoms with Gasteiger partial charge in [0.25, 0.3) is 5.91 Å². The fourth-order valence-corrected chi connectivity index (χ4v) is 3.91. The van der Waals surface area contributed by atoms with Crippen LogP contribution in [-0.4, -0.2) is 73.6 Å². The Morgan fingerprint density at radius 2 is 2.03 bits per heavy atom. The molecule has 1 aliphatic carbocycles. The van der Waals surface area contributed by atoms with Gasteiger partial charge in [-0.3, -0.25) is 4.79 Å². The number of amides is 1. The lowest BCUT2D eigenvalue weighted by atomic mass is 9.85. The van der Waals surface area contributed by atoms with Crippen molar-refractivity contribution in [1.29, 1.82) is 0 Å². The number of nitrogen functional groups attached to an aromatic ring is 1. The molecule has 3 aromatic rings. The van der Waals surface area contributed by atoms with Crippen LogP contribution in [0.3, 0.4) is 0 Å². The summed E-state index contributed by atoms with van der Waals surface area (Å²) in [5, 5.41) is 24.3. The van der Waals surface area contributed by atoms with Crippen molar-refractivity contribution < 1.29 is 29.3 Å². The van der Waals surface area contributed by atoms with Gasteiger partial charge in [0.15, 0.2) is 18.1 Å². The van der Waals surface area contributed by atoms with Gasteiger partial charge in [-0.2, -0.15) is 0 Å². The van der Waals surface area contributed by atoms with E-state index in [1.54, 1.807) is 22.8 Å². The summed E-state index contributed by atoms with van der Waals surface area (Å²) in [4.78, 5) is 36.3. The Labute approximate surface area is 188 Å². The predicted octanol–water partition coefficient (Wildman–Crippen LogP) is -0.184. The van der Waals surface area contributed by atoms with Crippen molar-refractivity contribution in [3.63, 3.8) is 0 Å². The maximum Gasteiger partial charge on any atom is 0.343 e. The van der Waals surface area contributed by atoms with Gasteiger partial charge in [0, 0.05) is 5.56 Å². The van der Waals surface area contributed by atoms with Gasteiger partial charge in [-0.25, -0.2) is 19.7 Å². The SMILES string of the molecule is COC(=O)COc1cccc(C(=O)N[C@@H]2CC[C@@H](n3cnc4c(N)ncnc43)[C@@H](O)[C@@H]2O)c1. The fraction of sp³-hybridized carbons (Fsp3) is 0.381. The first kappa shape index (κ1) is 22.4. The van der Waals surface area contributed by atoms with E-state index in [0.717, 1.165) is 0 Å². The number of nitrogens with two attached hydrogens (primary N) is 1. The van der Waals surface area contributed by atoms with Crippen LogP contribution in [0.25, 0.3) is 11.2 Å². The third kappa shape index (κ3) is 4.56. The topological polar surface area (TPSA) is 175 Å². The van der Waals surface area contributed by atoms with Gasteiger partial charge in [0.05, 0.1) is 25.5 Å². The van der Waals surface area contributed by atoms with Gasteiger partial charge in [-0.15, -0.1) is 0 Å². The van der Waals surface area contributed by atoms with E-state index in [1.807, 2.05) is 0 Å². The molecule has 174 valence electrons. The van der Waals surface area contributed by atoms with E-state index in [4.69, 9.17) is 10.5 Å². The van der Waals surface area contributed by atoms with Crippen molar-refractivity contribution in [2.45, 2.75) is 37.1 Å². The standard InChI is InChI=1S/C21H24N6O6/c1-32-15(28)8-33-12-4-2-3-11(7-12)21(31)26-13-5-6-14(18(30)17(13)29)27-10-25-16-19(22)23-9-24-20(16)27/h2-4,7,9-10,13-14,17-18,29-30H,5-6,8H2,1H3,(H,26,31)(H2,22,23,24)/t13-,14-,17-,18-/m1/s1. The highest BCUT2D eigenvalue weighted by Gasteiger charge is 2.39. The molecule has 5 N–H and O–H groups in total. The van der Waals surface area contributed by atoms with Crippen molar-refractivity contribution in [3.05, 3.63) is 42.5 Å². The van der Waals surface area contributed by atoms with Crippen LogP contribution in [0.2, 0.25) is 0 Å². The average Bonchev–Trinajstić information content (AvgIpc) is 3.26. The van der Waals surface area contributed by atoms with Crippen molar-refractivity contribution in [1.82, 2.24) is 24.8 Å². The Bertz CT molecular complexity index is 1170. The third-order valence-electron chi connectivity index (χ3n) is 5.67. The minimum Gasteiger partial charge on any atom is -0.482 e. The van der Waals surface area contributed by atoms with Crippen LogP contribution in [0.15, 0.2) is 36.9 Å². The monoisotopic (exact) mass is 456 g/mol. The number of nitrogens with zero attached hydrogens (tertiary/aromatic N) is 4. The van der Waals surface area contributed by atoms with Gasteiger partial charge in [-0.1, -0.05) is 6.07 Å². The number of carbonyl (C=O) groups excluding carboxylic acids is 2. The van der Waals surface area contributed by atoms with Crippen LogP contribution < -0.4 is 15.8 Å². The zero-order valence-electron chi connectivity index (χ0n) is 17.8. The summed E-state index contributed by atoms with van der Waals surface area (Å²) in [6.07, 6.45) is 1.30. The molecular weight excluding hydrogens is 432 g/mol. The molecule has 0 bridgehead atoms. The van der Waals surface area contributed by atoms with Crippen molar-refractivity contribution >= 4 is 28.9 Å². The Balaban J connectivity index is 1.43. The fourth-order valence-electron chi connectivity index (χ4n) is 3.91. The maximum absolute atomic E-state index is 12.7. The molecule has 12 nitrogen and oxygen atoms in total. The highest BCUT2D eigenvalue weighted by Crippen LogP contribution is 2.32. The molecule has 1 fully saturated rings. The zero-order chi connectivity index (χ0) is 23.5. The number of methoxy groups -OCH3 is 1. The number of fused-ring (bicyclic) bond motifs is 1. The first-order valence-electron chi connectivity index (χ1n) is 10.3.